The van der Waals surface area contributed by atoms with Crippen molar-refractivity contribution in [2.75, 3.05) is 0 Å². The Bertz CT molecular complexity index is 403. The fourth-order valence-corrected chi connectivity index (χ4v) is 3.51. The van der Waals surface area contributed by atoms with Gasteiger partial charge in [-0.15, -0.1) is 0 Å². The van der Waals surface area contributed by atoms with Crippen molar-refractivity contribution in [2.24, 2.45) is 5.41 Å². The van der Waals surface area contributed by atoms with Crippen molar-refractivity contribution in [1.29, 1.82) is 5.26 Å². The smallest absolute Gasteiger partial charge is 0.236 e. The van der Waals surface area contributed by atoms with Crippen LogP contribution in [0.1, 0.15) is 64.7 Å². The van der Waals surface area contributed by atoms with Gasteiger partial charge in [-0.3, -0.25) is 14.5 Å². The Balaban J connectivity index is 2.22. The molecule has 0 aromatic rings. The van der Waals surface area contributed by atoms with Crippen LogP contribution in [-0.2, 0) is 9.59 Å². The van der Waals surface area contributed by atoms with Crippen LogP contribution in [0.2, 0.25) is 0 Å². The number of likely N-dealkylation sites (tertiary alicyclic amines) is 1. The van der Waals surface area contributed by atoms with Crippen LogP contribution in [-0.4, -0.2) is 22.8 Å². The van der Waals surface area contributed by atoms with E-state index in [1.54, 1.807) is 0 Å². The topological polar surface area (TPSA) is 61.2 Å². The van der Waals surface area contributed by atoms with Gasteiger partial charge in [0.15, 0.2) is 0 Å². The van der Waals surface area contributed by atoms with Gasteiger partial charge in [-0.25, -0.2) is 0 Å². The third-order valence-electron chi connectivity index (χ3n) is 4.65. The number of hydrogen-bond donors (Lipinski definition) is 0. The van der Waals surface area contributed by atoms with Gasteiger partial charge in [-0.1, -0.05) is 32.6 Å². The maximum absolute atomic E-state index is 12.7. The lowest BCUT2D eigenvalue weighted by atomic mass is 9.79. The zero-order valence-electron chi connectivity index (χ0n) is 11.7. The van der Waals surface area contributed by atoms with Crippen molar-refractivity contribution in [3.05, 3.63) is 0 Å². The molecule has 4 heteroatoms. The van der Waals surface area contributed by atoms with Crippen LogP contribution in [0.4, 0.5) is 0 Å². The van der Waals surface area contributed by atoms with Gasteiger partial charge in [-0.05, 0) is 19.3 Å². The van der Waals surface area contributed by atoms with Gasteiger partial charge in [0.2, 0.25) is 11.8 Å². The van der Waals surface area contributed by atoms with E-state index in [2.05, 4.69) is 6.07 Å². The van der Waals surface area contributed by atoms with E-state index >= 15 is 0 Å². The molecule has 2 amide bonds. The Hall–Kier alpha value is -1.37. The summed E-state index contributed by atoms with van der Waals surface area (Å²) in [6, 6.07) is 1.87. The zero-order chi connectivity index (χ0) is 13.9. The van der Waals surface area contributed by atoms with E-state index in [1.807, 2.05) is 6.92 Å². The van der Waals surface area contributed by atoms with Gasteiger partial charge >= 0.3 is 0 Å². The summed E-state index contributed by atoms with van der Waals surface area (Å²) in [6.45, 7) is 1.93. The van der Waals surface area contributed by atoms with E-state index in [0.717, 1.165) is 25.7 Å². The lowest BCUT2D eigenvalue weighted by molar-refractivity contribution is -0.144. The molecule has 1 atom stereocenters. The number of nitriles is 1. The Morgan fingerprint density at radius 1 is 1.26 bits per heavy atom. The molecule has 1 saturated heterocycles. The van der Waals surface area contributed by atoms with Crippen molar-refractivity contribution in [1.82, 2.24) is 4.90 Å². The standard InChI is InChI=1S/C15H22N2O2/c1-2-12(7-10-16)17-13(18)11-15(14(17)19)8-5-3-4-6-9-15/h12H,2-9,11H2,1H3. The summed E-state index contributed by atoms with van der Waals surface area (Å²) in [4.78, 5) is 26.4. The van der Waals surface area contributed by atoms with E-state index in [-0.39, 0.29) is 24.3 Å². The molecule has 1 aliphatic heterocycles. The summed E-state index contributed by atoms with van der Waals surface area (Å²) in [6.07, 6.45) is 7.40. The second kappa shape index (κ2) is 5.73. The molecular formula is C15H22N2O2. The minimum Gasteiger partial charge on any atom is -0.278 e. The molecule has 2 rings (SSSR count). The fraction of sp³-hybridized carbons (Fsp3) is 0.800. The molecule has 2 fully saturated rings. The predicted octanol–water partition coefficient (Wildman–Crippen LogP) is 2.78. The van der Waals surface area contributed by atoms with Crippen molar-refractivity contribution in [2.45, 2.75) is 70.8 Å². The van der Waals surface area contributed by atoms with Crippen LogP contribution in [0.25, 0.3) is 0 Å². The third kappa shape index (κ3) is 2.51. The number of imide groups is 1. The molecule has 4 nitrogen and oxygen atoms in total. The average Bonchev–Trinajstić information content (AvgIpc) is 2.59. The molecule has 104 valence electrons. The van der Waals surface area contributed by atoms with Crippen LogP contribution in [0, 0.1) is 16.7 Å². The summed E-state index contributed by atoms with van der Waals surface area (Å²) in [5.74, 6) is -0.0597. The first-order valence-electron chi connectivity index (χ1n) is 7.38. The minimum atomic E-state index is -0.434. The maximum atomic E-state index is 12.7. The zero-order valence-corrected chi connectivity index (χ0v) is 11.7. The molecule has 0 N–H and O–H groups in total. The number of amides is 2. The largest absolute Gasteiger partial charge is 0.278 e. The second-order valence-electron chi connectivity index (χ2n) is 5.86. The Labute approximate surface area is 114 Å². The van der Waals surface area contributed by atoms with E-state index in [9.17, 15) is 9.59 Å². The molecule has 1 aliphatic carbocycles. The molecule has 1 unspecified atom stereocenters. The Morgan fingerprint density at radius 2 is 1.89 bits per heavy atom. The van der Waals surface area contributed by atoms with Gasteiger partial charge in [0.1, 0.15) is 0 Å². The highest BCUT2D eigenvalue weighted by Gasteiger charge is 2.52. The fourth-order valence-electron chi connectivity index (χ4n) is 3.51. The molecule has 0 bridgehead atoms. The van der Waals surface area contributed by atoms with Gasteiger partial charge in [-0.2, -0.15) is 5.26 Å². The highest BCUT2D eigenvalue weighted by molar-refractivity contribution is 6.06. The predicted molar refractivity (Wildman–Crippen MR) is 70.9 cm³/mol. The van der Waals surface area contributed by atoms with Crippen LogP contribution < -0.4 is 0 Å². The molecule has 0 aromatic heterocycles. The highest BCUT2D eigenvalue weighted by Crippen LogP contribution is 2.45. The van der Waals surface area contributed by atoms with Crippen LogP contribution in [0.15, 0.2) is 0 Å². The molecule has 19 heavy (non-hydrogen) atoms. The highest BCUT2D eigenvalue weighted by atomic mass is 16.2. The molecule has 2 aliphatic rings. The molecule has 1 spiro atoms. The van der Waals surface area contributed by atoms with E-state index < -0.39 is 5.41 Å². The molecule has 0 aromatic carbocycles. The van der Waals surface area contributed by atoms with E-state index in [4.69, 9.17) is 5.26 Å². The molecule has 0 radical (unpaired) electrons. The summed E-state index contributed by atoms with van der Waals surface area (Å²) in [5, 5.41) is 8.85. The number of carbonyl (C=O) groups excluding carboxylic acids is 2. The number of rotatable bonds is 3. The van der Waals surface area contributed by atoms with Gasteiger partial charge < -0.3 is 0 Å². The van der Waals surface area contributed by atoms with Crippen molar-refractivity contribution in [3.8, 4) is 6.07 Å². The Kier molecular flexibility index (Phi) is 4.24. The van der Waals surface area contributed by atoms with Crippen LogP contribution >= 0.6 is 0 Å². The number of hydrogen-bond acceptors (Lipinski definition) is 3. The molecule has 1 saturated carbocycles. The SMILES string of the molecule is CCC(CC#N)N1C(=O)CC2(CCCCCC2)C1=O. The van der Waals surface area contributed by atoms with Gasteiger partial charge in [0, 0.05) is 6.42 Å². The summed E-state index contributed by atoms with van der Waals surface area (Å²) in [5.41, 5.74) is -0.434. The van der Waals surface area contributed by atoms with Crippen LogP contribution in [0.5, 0.6) is 0 Å². The average molecular weight is 262 g/mol. The van der Waals surface area contributed by atoms with E-state index in [1.165, 1.54) is 17.7 Å². The van der Waals surface area contributed by atoms with Crippen molar-refractivity contribution in [3.63, 3.8) is 0 Å². The second-order valence-corrected chi connectivity index (χ2v) is 5.86. The Morgan fingerprint density at radius 3 is 2.42 bits per heavy atom. The van der Waals surface area contributed by atoms with E-state index in [0.29, 0.717) is 12.8 Å². The van der Waals surface area contributed by atoms with Crippen molar-refractivity contribution >= 4 is 11.8 Å². The quantitative estimate of drug-likeness (QED) is 0.735. The number of nitrogens with zero attached hydrogens (tertiary/aromatic N) is 2. The lowest BCUT2D eigenvalue weighted by Crippen LogP contribution is -2.42. The number of carbonyl (C=O) groups is 2. The molecule has 1 heterocycles. The van der Waals surface area contributed by atoms with Crippen LogP contribution in [0.3, 0.4) is 0 Å². The minimum absolute atomic E-state index is 0.00139. The van der Waals surface area contributed by atoms with Crippen molar-refractivity contribution < 1.29 is 9.59 Å². The first kappa shape index (κ1) is 14.0. The summed E-state index contributed by atoms with van der Waals surface area (Å²) >= 11 is 0. The first-order valence-corrected chi connectivity index (χ1v) is 7.38. The first-order chi connectivity index (χ1) is 9.14. The normalized spacial score (nSPS) is 24.3. The lowest BCUT2D eigenvalue weighted by Gasteiger charge is -2.28. The molecular weight excluding hydrogens is 240 g/mol. The van der Waals surface area contributed by atoms with Gasteiger partial charge in [0.25, 0.3) is 0 Å². The summed E-state index contributed by atoms with van der Waals surface area (Å²) < 4.78 is 0. The summed E-state index contributed by atoms with van der Waals surface area (Å²) in [7, 11) is 0. The van der Waals surface area contributed by atoms with Gasteiger partial charge in [0.05, 0.1) is 23.9 Å². The monoisotopic (exact) mass is 262 g/mol. The maximum Gasteiger partial charge on any atom is 0.236 e. The third-order valence-corrected chi connectivity index (χ3v) is 4.65.